The summed E-state index contributed by atoms with van der Waals surface area (Å²) in [6.45, 7) is 0. The Morgan fingerprint density at radius 1 is 0.536 bits per heavy atom. The van der Waals surface area contributed by atoms with Crippen LogP contribution < -0.4 is 0 Å². The third-order valence-corrected chi connectivity index (χ3v) is 4.90. The molecule has 4 aromatic carbocycles. The van der Waals surface area contributed by atoms with Gasteiger partial charge in [-0.2, -0.15) is 0 Å². The lowest BCUT2D eigenvalue weighted by Gasteiger charge is -2.11. The molecule has 5 heteroatoms. The Labute approximate surface area is 160 Å². The van der Waals surface area contributed by atoms with Crippen LogP contribution in [0.2, 0.25) is 0 Å². The van der Waals surface area contributed by atoms with Gasteiger partial charge in [0.05, 0.1) is 11.1 Å². The number of hydrogen-bond donors (Lipinski definition) is 2. The van der Waals surface area contributed by atoms with E-state index >= 15 is 0 Å². The van der Waals surface area contributed by atoms with Crippen molar-refractivity contribution < 1.29 is 10.2 Å². The fourth-order valence-electron chi connectivity index (χ4n) is 3.61. The first-order chi connectivity index (χ1) is 13.7. The minimum absolute atomic E-state index is 0.118. The summed E-state index contributed by atoms with van der Waals surface area (Å²) in [5.41, 5.74) is 2.17. The summed E-state index contributed by atoms with van der Waals surface area (Å²) >= 11 is 0. The van der Waals surface area contributed by atoms with Gasteiger partial charge < -0.3 is 10.2 Å². The van der Waals surface area contributed by atoms with Crippen LogP contribution in [-0.4, -0.2) is 25.6 Å². The Morgan fingerprint density at radius 2 is 1.00 bits per heavy atom. The lowest BCUT2D eigenvalue weighted by Crippen LogP contribution is -1.96. The number of rotatable bonds is 2. The van der Waals surface area contributed by atoms with Crippen LogP contribution in [0.4, 0.5) is 0 Å². The van der Waals surface area contributed by atoms with E-state index in [1.807, 2.05) is 60.7 Å². The van der Waals surface area contributed by atoms with E-state index in [0.29, 0.717) is 22.5 Å². The zero-order chi connectivity index (χ0) is 19.1. The van der Waals surface area contributed by atoms with Crippen molar-refractivity contribution in [1.29, 1.82) is 0 Å². The van der Waals surface area contributed by atoms with Crippen molar-refractivity contribution in [3.05, 3.63) is 78.9 Å². The minimum Gasteiger partial charge on any atom is -0.507 e. The molecule has 0 amide bonds. The molecule has 0 radical (unpaired) electrons. The number of hydrogen-bond acceptors (Lipinski definition) is 5. The van der Waals surface area contributed by atoms with E-state index in [2.05, 4.69) is 15.4 Å². The Balaban J connectivity index is 1.78. The Morgan fingerprint density at radius 3 is 1.50 bits per heavy atom. The van der Waals surface area contributed by atoms with Crippen molar-refractivity contribution >= 4 is 21.5 Å². The average molecular weight is 365 g/mol. The fourth-order valence-corrected chi connectivity index (χ4v) is 3.61. The van der Waals surface area contributed by atoms with Crippen LogP contribution in [-0.2, 0) is 0 Å². The fraction of sp³-hybridized carbons (Fsp3) is 0. The SMILES string of the molecule is Oc1ccc2ccccc2c1-c1cc(-c2c(O)ccc3ccccc23)nnn1. The number of benzene rings is 4. The zero-order valence-corrected chi connectivity index (χ0v) is 14.7. The van der Waals surface area contributed by atoms with E-state index in [1.165, 1.54) is 0 Å². The Bertz CT molecular complexity index is 1250. The van der Waals surface area contributed by atoms with Crippen LogP contribution in [0.3, 0.4) is 0 Å². The molecule has 5 rings (SSSR count). The van der Waals surface area contributed by atoms with E-state index in [1.54, 1.807) is 18.2 Å². The third kappa shape index (κ3) is 2.53. The molecule has 0 saturated carbocycles. The van der Waals surface area contributed by atoms with Gasteiger partial charge in [-0.25, -0.2) is 0 Å². The van der Waals surface area contributed by atoms with Crippen LogP contribution in [0, 0.1) is 0 Å². The first-order valence-electron chi connectivity index (χ1n) is 8.85. The van der Waals surface area contributed by atoms with Gasteiger partial charge in [-0.15, -0.1) is 10.2 Å². The van der Waals surface area contributed by atoms with Crippen LogP contribution in [0.25, 0.3) is 44.1 Å². The van der Waals surface area contributed by atoms with E-state index in [-0.39, 0.29) is 11.5 Å². The number of aromatic hydroxyl groups is 2. The van der Waals surface area contributed by atoms with Gasteiger partial charge in [0, 0.05) is 0 Å². The minimum atomic E-state index is 0.118. The van der Waals surface area contributed by atoms with E-state index in [9.17, 15) is 10.2 Å². The van der Waals surface area contributed by atoms with Crippen LogP contribution in [0.5, 0.6) is 11.5 Å². The van der Waals surface area contributed by atoms with Gasteiger partial charge >= 0.3 is 0 Å². The van der Waals surface area contributed by atoms with Crippen molar-refractivity contribution in [1.82, 2.24) is 15.4 Å². The number of phenols is 2. The predicted molar refractivity (Wildman–Crippen MR) is 109 cm³/mol. The maximum atomic E-state index is 10.5. The van der Waals surface area contributed by atoms with E-state index in [0.717, 1.165) is 21.5 Å². The smallest absolute Gasteiger partial charge is 0.125 e. The molecule has 0 fully saturated rings. The van der Waals surface area contributed by atoms with Gasteiger partial charge in [0.25, 0.3) is 0 Å². The maximum Gasteiger partial charge on any atom is 0.125 e. The molecule has 0 spiro atoms. The summed E-state index contributed by atoms with van der Waals surface area (Å²) in [6.07, 6.45) is 0. The molecule has 0 atom stereocenters. The Hall–Kier alpha value is -3.99. The number of phenolic OH excluding ortho intramolecular Hbond substituents is 2. The highest BCUT2D eigenvalue weighted by Crippen LogP contribution is 2.39. The van der Waals surface area contributed by atoms with Crippen molar-refractivity contribution in [3.8, 4) is 34.0 Å². The highest BCUT2D eigenvalue weighted by Gasteiger charge is 2.16. The second-order valence-electron chi connectivity index (χ2n) is 6.57. The Kier molecular flexibility index (Phi) is 3.66. The van der Waals surface area contributed by atoms with Gasteiger partial charge in [0.1, 0.15) is 22.9 Å². The molecule has 0 saturated heterocycles. The molecule has 0 unspecified atom stereocenters. The second-order valence-corrected chi connectivity index (χ2v) is 6.57. The summed E-state index contributed by atoms with van der Waals surface area (Å²) < 4.78 is 0. The normalized spacial score (nSPS) is 11.1. The monoisotopic (exact) mass is 365 g/mol. The largest absolute Gasteiger partial charge is 0.507 e. The van der Waals surface area contributed by atoms with Crippen molar-refractivity contribution in [3.63, 3.8) is 0 Å². The molecule has 5 nitrogen and oxygen atoms in total. The molecule has 5 aromatic rings. The standard InChI is InChI=1S/C23H15N3O2/c27-20-11-9-14-5-1-3-7-16(14)22(20)18-13-19(25-26-24-18)23-17-8-4-2-6-15(17)10-12-21(23)28/h1-13,27-28H. The van der Waals surface area contributed by atoms with Crippen LogP contribution in [0.15, 0.2) is 78.9 Å². The first-order valence-corrected chi connectivity index (χ1v) is 8.85. The van der Waals surface area contributed by atoms with E-state index in [4.69, 9.17) is 0 Å². The highest BCUT2D eigenvalue weighted by molar-refractivity contribution is 6.01. The molecule has 0 bridgehead atoms. The summed E-state index contributed by atoms with van der Waals surface area (Å²) in [7, 11) is 0. The molecule has 1 heterocycles. The van der Waals surface area contributed by atoms with Gasteiger partial charge in [-0.3, -0.25) is 0 Å². The molecule has 0 aliphatic heterocycles. The summed E-state index contributed by atoms with van der Waals surface area (Å²) in [5, 5.41) is 37.0. The molecule has 134 valence electrons. The molecule has 0 aliphatic carbocycles. The molecular weight excluding hydrogens is 350 g/mol. The number of aromatic nitrogens is 3. The lowest BCUT2D eigenvalue weighted by atomic mass is 9.98. The second kappa shape index (κ2) is 6.32. The molecule has 1 aromatic heterocycles. The zero-order valence-electron chi connectivity index (χ0n) is 14.7. The molecule has 2 N–H and O–H groups in total. The van der Waals surface area contributed by atoms with Crippen LogP contribution >= 0.6 is 0 Å². The molecule has 28 heavy (non-hydrogen) atoms. The first kappa shape index (κ1) is 16.2. The van der Waals surface area contributed by atoms with Gasteiger partial charge in [-0.1, -0.05) is 60.7 Å². The number of nitrogens with zero attached hydrogens (tertiary/aromatic N) is 3. The number of fused-ring (bicyclic) bond motifs is 2. The summed E-state index contributed by atoms with van der Waals surface area (Å²) in [4.78, 5) is 0. The van der Waals surface area contributed by atoms with Gasteiger partial charge in [-0.05, 0) is 45.0 Å². The average Bonchev–Trinajstić information content (AvgIpc) is 2.73. The van der Waals surface area contributed by atoms with Crippen molar-refractivity contribution in [2.24, 2.45) is 0 Å². The van der Waals surface area contributed by atoms with E-state index < -0.39 is 0 Å². The quantitative estimate of drug-likeness (QED) is 0.464. The summed E-state index contributed by atoms with van der Waals surface area (Å²) in [5.74, 6) is 0.236. The summed E-state index contributed by atoms with van der Waals surface area (Å²) in [6, 6.07) is 24.3. The van der Waals surface area contributed by atoms with Crippen LogP contribution in [0.1, 0.15) is 0 Å². The highest BCUT2D eigenvalue weighted by atomic mass is 16.3. The lowest BCUT2D eigenvalue weighted by molar-refractivity contribution is 0.477. The topological polar surface area (TPSA) is 79.1 Å². The third-order valence-electron chi connectivity index (χ3n) is 4.90. The van der Waals surface area contributed by atoms with Crippen molar-refractivity contribution in [2.75, 3.05) is 0 Å². The molecule has 0 aliphatic rings. The predicted octanol–water partition coefficient (Wildman–Crippen LogP) is 4.92. The maximum absolute atomic E-state index is 10.5. The van der Waals surface area contributed by atoms with Crippen molar-refractivity contribution in [2.45, 2.75) is 0 Å². The molecular formula is C23H15N3O2. The van der Waals surface area contributed by atoms with Gasteiger partial charge in [0.15, 0.2) is 0 Å². The van der Waals surface area contributed by atoms with Gasteiger partial charge in [0.2, 0.25) is 0 Å².